The lowest BCUT2D eigenvalue weighted by molar-refractivity contribution is -0.125. The largest absolute Gasteiger partial charge is 0.349 e. The molecule has 4 heteroatoms. The van der Waals surface area contributed by atoms with Crippen molar-refractivity contribution in [1.82, 2.24) is 5.32 Å². The summed E-state index contributed by atoms with van der Waals surface area (Å²) < 4.78 is 26.0. The number of carbonyl (C=O) groups is 1. The summed E-state index contributed by atoms with van der Waals surface area (Å²) in [4.78, 5) is 12.0. The molecule has 1 aromatic rings. The molecular formula is C15H17F2NO. The number of halogens is 2. The van der Waals surface area contributed by atoms with Crippen LogP contribution < -0.4 is 5.32 Å². The lowest BCUT2D eigenvalue weighted by Crippen LogP contribution is -2.33. The number of carbonyl (C=O) groups excluding carboxylic acids is 1. The summed E-state index contributed by atoms with van der Waals surface area (Å²) in [5.41, 5.74) is 0.568. The van der Waals surface area contributed by atoms with Crippen LogP contribution in [0.25, 0.3) is 0 Å². The Morgan fingerprint density at radius 3 is 2.74 bits per heavy atom. The van der Waals surface area contributed by atoms with Crippen LogP contribution in [0.2, 0.25) is 0 Å². The molecule has 0 aliphatic heterocycles. The molecule has 0 bridgehead atoms. The van der Waals surface area contributed by atoms with Gasteiger partial charge in [0.05, 0.1) is 6.04 Å². The zero-order valence-electron chi connectivity index (χ0n) is 10.8. The number of hydrogen-bond donors (Lipinski definition) is 1. The lowest BCUT2D eigenvalue weighted by atomic mass is 9.93. The molecule has 0 heterocycles. The highest BCUT2D eigenvalue weighted by molar-refractivity contribution is 5.79. The first-order valence-electron chi connectivity index (χ1n) is 6.48. The van der Waals surface area contributed by atoms with Gasteiger partial charge in [0.25, 0.3) is 0 Å². The molecule has 1 amide bonds. The second-order valence-corrected chi connectivity index (χ2v) is 4.89. The van der Waals surface area contributed by atoms with E-state index in [1.807, 2.05) is 6.08 Å². The molecule has 0 radical (unpaired) electrons. The highest BCUT2D eigenvalue weighted by Gasteiger charge is 2.20. The second kappa shape index (κ2) is 5.95. The summed E-state index contributed by atoms with van der Waals surface area (Å²) in [5.74, 6) is -1.81. The molecule has 0 saturated carbocycles. The first-order valence-corrected chi connectivity index (χ1v) is 6.48. The molecule has 2 nitrogen and oxygen atoms in total. The van der Waals surface area contributed by atoms with Crippen LogP contribution in [-0.4, -0.2) is 5.91 Å². The van der Waals surface area contributed by atoms with Crippen molar-refractivity contribution in [2.45, 2.75) is 32.2 Å². The molecule has 1 aliphatic carbocycles. The number of amides is 1. The van der Waals surface area contributed by atoms with Crippen molar-refractivity contribution < 1.29 is 13.6 Å². The van der Waals surface area contributed by atoms with Crippen molar-refractivity contribution in [2.75, 3.05) is 0 Å². The molecule has 1 N–H and O–H groups in total. The van der Waals surface area contributed by atoms with E-state index in [0.717, 1.165) is 31.4 Å². The van der Waals surface area contributed by atoms with E-state index in [2.05, 4.69) is 11.4 Å². The quantitative estimate of drug-likeness (QED) is 0.833. The third kappa shape index (κ3) is 3.40. The van der Waals surface area contributed by atoms with Gasteiger partial charge in [0.2, 0.25) is 5.91 Å². The molecule has 1 aromatic carbocycles. The van der Waals surface area contributed by atoms with Gasteiger partial charge in [0, 0.05) is 5.92 Å². The number of allylic oxidation sites excluding steroid dienone is 2. The minimum Gasteiger partial charge on any atom is -0.349 e. The average Bonchev–Trinajstić information content (AvgIpc) is 2.42. The molecule has 2 rings (SSSR count). The maximum Gasteiger partial charge on any atom is 0.223 e. The maximum atomic E-state index is 13.1. The first kappa shape index (κ1) is 13.7. The second-order valence-electron chi connectivity index (χ2n) is 4.89. The normalized spacial score (nSPS) is 20.1. The molecule has 0 spiro atoms. The van der Waals surface area contributed by atoms with E-state index in [1.165, 1.54) is 6.07 Å². The summed E-state index contributed by atoms with van der Waals surface area (Å²) in [7, 11) is 0. The fourth-order valence-corrected chi connectivity index (χ4v) is 2.23. The van der Waals surface area contributed by atoms with Crippen LogP contribution in [0, 0.1) is 17.6 Å². The van der Waals surface area contributed by atoms with Gasteiger partial charge in [0.15, 0.2) is 11.6 Å². The third-order valence-corrected chi connectivity index (χ3v) is 3.44. The molecule has 2 atom stereocenters. The maximum absolute atomic E-state index is 13.1. The zero-order chi connectivity index (χ0) is 13.8. The van der Waals surface area contributed by atoms with Crippen molar-refractivity contribution in [3.8, 4) is 0 Å². The van der Waals surface area contributed by atoms with Crippen molar-refractivity contribution in [2.24, 2.45) is 5.92 Å². The third-order valence-electron chi connectivity index (χ3n) is 3.44. The number of rotatable bonds is 3. The molecular weight excluding hydrogens is 248 g/mol. The predicted octanol–water partition coefficient (Wildman–Crippen LogP) is 3.50. The Morgan fingerprint density at radius 2 is 2.11 bits per heavy atom. The van der Waals surface area contributed by atoms with Crippen molar-refractivity contribution >= 4 is 5.91 Å². The van der Waals surface area contributed by atoms with Crippen LogP contribution in [0.15, 0.2) is 30.4 Å². The fourth-order valence-electron chi connectivity index (χ4n) is 2.23. The van der Waals surface area contributed by atoms with E-state index >= 15 is 0 Å². The van der Waals surface area contributed by atoms with Gasteiger partial charge < -0.3 is 5.32 Å². The summed E-state index contributed by atoms with van der Waals surface area (Å²) in [6.07, 6.45) is 6.58. The number of hydrogen-bond acceptors (Lipinski definition) is 1. The highest BCUT2D eigenvalue weighted by atomic mass is 19.2. The van der Waals surface area contributed by atoms with E-state index in [0.29, 0.717) is 5.56 Å². The molecule has 0 saturated heterocycles. The van der Waals surface area contributed by atoms with Crippen LogP contribution in [-0.2, 0) is 4.79 Å². The smallest absolute Gasteiger partial charge is 0.223 e. The van der Waals surface area contributed by atoms with Gasteiger partial charge >= 0.3 is 0 Å². The van der Waals surface area contributed by atoms with Crippen LogP contribution >= 0.6 is 0 Å². The minimum atomic E-state index is -0.890. The van der Waals surface area contributed by atoms with Gasteiger partial charge in [-0.15, -0.1) is 0 Å². The van der Waals surface area contributed by atoms with Crippen LogP contribution in [0.5, 0.6) is 0 Å². The standard InChI is InChI=1S/C15H17F2NO/c1-10(12-7-8-13(16)14(17)9-12)18-15(19)11-5-3-2-4-6-11/h2-3,7-11H,4-6H2,1H3,(H,18,19)/t10-,11-/m1/s1. The van der Waals surface area contributed by atoms with E-state index in [-0.39, 0.29) is 17.9 Å². The molecule has 0 aromatic heterocycles. The average molecular weight is 265 g/mol. The van der Waals surface area contributed by atoms with Gasteiger partial charge in [-0.05, 0) is 43.9 Å². The lowest BCUT2D eigenvalue weighted by Gasteiger charge is -2.21. The fraction of sp³-hybridized carbons (Fsp3) is 0.400. The summed E-state index contributed by atoms with van der Waals surface area (Å²) >= 11 is 0. The van der Waals surface area contributed by atoms with Crippen molar-refractivity contribution in [1.29, 1.82) is 0 Å². The summed E-state index contributed by atoms with van der Waals surface area (Å²) in [5, 5.41) is 2.85. The summed E-state index contributed by atoms with van der Waals surface area (Å²) in [6, 6.07) is 3.37. The number of nitrogens with one attached hydrogen (secondary N) is 1. The van der Waals surface area contributed by atoms with E-state index in [4.69, 9.17) is 0 Å². The van der Waals surface area contributed by atoms with Gasteiger partial charge in [-0.2, -0.15) is 0 Å². The number of benzene rings is 1. The Bertz CT molecular complexity index is 499. The molecule has 0 fully saturated rings. The summed E-state index contributed by atoms with van der Waals surface area (Å²) in [6.45, 7) is 1.77. The predicted molar refractivity (Wildman–Crippen MR) is 69.4 cm³/mol. The van der Waals surface area contributed by atoms with Crippen molar-refractivity contribution in [3.05, 3.63) is 47.5 Å². The van der Waals surface area contributed by atoms with Gasteiger partial charge in [-0.1, -0.05) is 18.2 Å². The Labute approximate surface area is 111 Å². The van der Waals surface area contributed by atoms with Crippen LogP contribution in [0.3, 0.4) is 0 Å². The first-order chi connectivity index (χ1) is 9.08. The topological polar surface area (TPSA) is 29.1 Å². The van der Waals surface area contributed by atoms with Gasteiger partial charge in [-0.3, -0.25) is 4.79 Å². The molecule has 19 heavy (non-hydrogen) atoms. The van der Waals surface area contributed by atoms with Crippen LogP contribution in [0.4, 0.5) is 8.78 Å². The van der Waals surface area contributed by atoms with Crippen LogP contribution in [0.1, 0.15) is 37.8 Å². The molecule has 0 unspecified atom stereocenters. The molecule has 102 valence electrons. The Kier molecular flexibility index (Phi) is 4.30. The minimum absolute atomic E-state index is 0.0160. The van der Waals surface area contributed by atoms with Gasteiger partial charge in [-0.25, -0.2) is 8.78 Å². The highest BCUT2D eigenvalue weighted by Crippen LogP contribution is 2.21. The molecule has 1 aliphatic rings. The van der Waals surface area contributed by atoms with E-state index in [9.17, 15) is 13.6 Å². The Hall–Kier alpha value is -1.71. The van der Waals surface area contributed by atoms with E-state index in [1.54, 1.807) is 6.92 Å². The van der Waals surface area contributed by atoms with Gasteiger partial charge in [0.1, 0.15) is 0 Å². The zero-order valence-corrected chi connectivity index (χ0v) is 10.8. The monoisotopic (exact) mass is 265 g/mol. The van der Waals surface area contributed by atoms with E-state index < -0.39 is 11.6 Å². The van der Waals surface area contributed by atoms with Crippen molar-refractivity contribution in [3.63, 3.8) is 0 Å². The SMILES string of the molecule is C[C@@H](NC(=O)[C@@H]1CC=CCC1)c1ccc(F)c(F)c1. The Morgan fingerprint density at radius 1 is 1.32 bits per heavy atom. The Balaban J connectivity index is 1.99.